The molecule has 1 aliphatic rings. The second kappa shape index (κ2) is 12.0. The first kappa shape index (κ1) is 26.2. The van der Waals surface area contributed by atoms with Gasteiger partial charge in [-0.2, -0.15) is 0 Å². The predicted molar refractivity (Wildman–Crippen MR) is 153 cm³/mol. The van der Waals surface area contributed by atoms with Crippen molar-refractivity contribution in [3.05, 3.63) is 64.5 Å². The number of nitrogens with one attached hydrogen (secondary N) is 1. The molecule has 0 radical (unpaired) electrons. The zero-order valence-corrected chi connectivity index (χ0v) is 23.3. The molecule has 0 spiro atoms. The van der Waals surface area contributed by atoms with Crippen LogP contribution in [0.1, 0.15) is 53.9 Å². The highest BCUT2D eigenvalue weighted by atomic mass is 32.1. The number of carbonyl (C=O) groups is 2. The molecule has 0 bridgehead atoms. The van der Waals surface area contributed by atoms with Crippen LogP contribution in [-0.2, 0) is 17.7 Å². The first-order chi connectivity index (χ1) is 18.6. The van der Waals surface area contributed by atoms with Crippen LogP contribution in [0, 0.1) is 0 Å². The topological polar surface area (TPSA) is 80.8 Å². The van der Waals surface area contributed by atoms with E-state index in [1.807, 2.05) is 37.3 Å². The number of fused-ring (bicyclic) bond motifs is 2. The number of amides is 2. The number of benzene rings is 2. The van der Waals surface area contributed by atoms with Crippen LogP contribution in [0.3, 0.4) is 0 Å². The average Bonchev–Trinajstić information content (AvgIpc) is 3.51. The summed E-state index contributed by atoms with van der Waals surface area (Å²) >= 11 is 3.12. The second-order valence-electron chi connectivity index (χ2n) is 9.10. The minimum atomic E-state index is -0.311. The molecule has 9 heteroatoms. The number of carbonyl (C=O) groups excluding carboxylic acids is 2. The molecule has 0 unspecified atom stereocenters. The summed E-state index contributed by atoms with van der Waals surface area (Å²) in [4.78, 5) is 33.5. The van der Waals surface area contributed by atoms with Gasteiger partial charge in [-0.1, -0.05) is 38.0 Å². The Morgan fingerprint density at radius 1 is 1.08 bits per heavy atom. The summed E-state index contributed by atoms with van der Waals surface area (Å²) in [6, 6.07) is 15.3. The number of thiophene rings is 1. The fraction of sp³-hybridized carbons (Fsp3) is 0.345. The van der Waals surface area contributed by atoms with E-state index in [1.165, 1.54) is 11.3 Å². The van der Waals surface area contributed by atoms with Gasteiger partial charge in [-0.3, -0.25) is 4.79 Å². The largest absolute Gasteiger partial charge is 0.494 e. The molecule has 0 aliphatic carbocycles. The van der Waals surface area contributed by atoms with E-state index < -0.39 is 0 Å². The van der Waals surface area contributed by atoms with Gasteiger partial charge in [0.25, 0.3) is 5.91 Å². The summed E-state index contributed by atoms with van der Waals surface area (Å²) < 4.78 is 12.2. The van der Waals surface area contributed by atoms with E-state index >= 15 is 0 Å². The second-order valence-corrected chi connectivity index (χ2v) is 11.2. The summed E-state index contributed by atoms with van der Waals surface area (Å²) in [6.45, 7) is 5.95. The Hall–Kier alpha value is -3.43. The molecular formula is C29H31N3O4S2. The zero-order chi connectivity index (χ0) is 26.5. The Kier molecular flexibility index (Phi) is 8.24. The first-order valence-corrected chi connectivity index (χ1v) is 14.7. The molecule has 2 amide bonds. The molecular weight excluding hydrogens is 518 g/mol. The number of hydrogen-bond acceptors (Lipinski definition) is 7. The number of unbranched alkanes of at least 4 members (excludes halogenated alkanes) is 2. The van der Waals surface area contributed by atoms with Gasteiger partial charge in [0.05, 0.1) is 30.0 Å². The van der Waals surface area contributed by atoms with Crippen molar-refractivity contribution in [1.82, 2.24) is 9.88 Å². The van der Waals surface area contributed by atoms with Crippen molar-refractivity contribution in [2.75, 3.05) is 25.1 Å². The number of nitrogens with zero attached hydrogens (tertiary/aromatic N) is 2. The predicted octanol–water partition coefficient (Wildman–Crippen LogP) is 7.36. The van der Waals surface area contributed by atoms with Gasteiger partial charge in [0.1, 0.15) is 15.8 Å². The molecule has 0 atom stereocenters. The molecule has 198 valence electrons. The van der Waals surface area contributed by atoms with Crippen molar-refractivity contribution in [3.8, 4) is 16.3 Å². The highest BCUT2D eigenvalue weighted by molar-refractivity contribution is 7.23. The SMILES string of the molecule is CCCCCOc1cccc(C(=O)Nc2sc3c(c2-c2nc4ccccc4s2)CCN(C(=O)OCC)C3)c1. The zero-order valence-electron chi connectivity index (χ0n) is 21.6. The third kappa shape index (κ3) is 5.68. The Morgan fingerprint density at radius 2 is 1.95 bits per heavy atom. The van der Waals surface area contributed by atoms with Crippen LogP contribution < -0.4 is 10.1 Å². The summed E-state index contributed by atoms with van der Waals surface area (Å²) in [5.74, 6) is 0.489. The fourth-order valence-electron chi connectivity index (χ4n) is 4.51. The molecule has 2 aromatic heterocycles. The van der Waals surface area contributed by atoms with Crippen LogP contribution in [0.5, 0.6) is 5.75 Å². The van der Waals surface area contributed by atoms with Crippen molar-refractivity contribution >= 4 is 49.9 Å². The summed E-state index contributed by atoms with van der Waals surface area (Å²) in [5, 5.41) is 4.78. The Bertz CT molecular complexity index is 1410. The molecule has 3 heterocycles. The van der Waals surface area contributed by atoms with Gasteiger partial charge in [0.15, 0.2) is 0 Å². The maximum Gasteiger partial charge on any atom is 0.410 e. The van der Waals surface area contributed by atoms with Crippen molar-refractivity contribution < 1.29 is 19.1 Å². The van der Waals surface area contributed by atoms with Gasteiger partial charge in [-0.25, -0.2) is 9.78 Å². The Morgan fingerprint density at radius 3 is 2.76 bits per heavy atom. The number of ether oxygens (including phenoxy) is 2. The van der Waals surface area contributed by atoms with Gasteiger partial charge in [0, 0.05) is 22.5 Å². The number of thiazole rings is 1. The maximum atomic E-state index is 13.4. The van der Waals surface area contributed by atoms with Gasteiger partial charge >= 0.3 is 6.09 Å². The van der Waals surface area contributed by atoms with Crippen LogP contribution in [0.15, 0.2) is 48.5 Å². The fourth-order valence-corrected chi connectivity index (χ4v) is 6.88. The van der Waals surface area contributed by atoms with Gasteiger partial charge in [-0.15, -0.1) is 22.7 Å². The number of hydrogen-bond donors (Lipinski definition) is 1. The Balaban J connectivity index is 1.45. The van der Waals surface area contributed by atoms with Crippen LogP contribution in [-0.4, -0.2) is 41.6 Å². The molecule has 1 aliphatic heterocycles. The molecule has 2 aromatic carbocycles. The summed E-state index contributed by atoms with van der Waals surface area (Å²) in [6.07, 6.45) is 3.60. The number of aromatic nitrogens is 1. The van der Waals surface area contributed by atoms with E-state index in [2.05, 4.69) is 18.3 Å². The highest BCUT2D eigenvalue weighted by Crippen LogP contribution is 2.46. The molecule has 0 fully saturated rings. The van der Waals surface area contributed by atoms with Crippen LogP contribution in [0.4, 0.5) is 9.80 Å². The quantitative estimate of drug-likeness (QED) is 0.221. The lowest BCUT2D eigenvalue weighted by Gasteiger charge is -2.26. The van der Waals surface area contributed by atoms with Crippen molar-refractivity contribution in [2.24, 2.45) is 0 Å². The number of rotatable bonds is 9. The highest BCUT2D eigenvalue weighted by Gasteiger charge is 2.30. The lowest BCUT2D eigenvalue weighted by atomic mass is 10.0. The molecule has 1 N–H and O–H groups in total. The van der Waals surface area contributed by atoms with Crippen LogP contribution in [0.2, 0.25) is 0 Å². The lowest BCUT2D eigenvalue weighted by Crippen LogP contribution is -2.35. The van der Waals surface area contributed by atoms with Crippen molar-refractivity contribution in [1.29, 1.82) is 0 Å². The Labute approximate surface area is 230 Å². The normalized spacial score (nSPS) is 12.8. The van der Waals surface area contributed by atoms with Gasteiger partial charge in [0.2, 0.25) is 0 Å². The third-order valence-corrected chi connectivity index (χ3v) is 8.62. The average molecular weight is 550 g/mol. The molecule has 38 heavy (non-hydrogen) atoms. The van der Waals surface area contributed by atoms with E-state index in [0.717, 1.165) is 55.5 Å². The molecule has 0 saturated heterocycles. The van der Waals surface area contributed by atoms with E-state index in [1.54, 1.807) is 28.4 Å². The summed E-state index contributed by atoms with van der Waals surface area (Å²) in [7, 11) is 0. The standard InChI is InChI=1S/C29H31N3O4S2/c1-3-5-8-16-36-20-11-9-10-19(17-20)26(33)31-28-25(27-30-22-12-6-7-13-23(22)37-27)21-14-15-32(18-24(21)38-28)29(34)35-4-2/h6-7,9-13,17H,3-5,8,14-16,18H2,1-2H3,(H,31,33). The number of anilines is 1. The minimum Gasteiger partial charge on any atom is -0.494 e. The molecule has 7 nitrogen and oxygen atoms in total. The van der Waals surface area contributed by atoms with E-state index in [4.69, 9.17) is 14.5 Å². The van der Waals surface area contributed by atoms with Crippen molar-refractivity contribution in [3.63, 3.8) is 0 Å². The first-order valence-electron chi connectivity index (χ1n) is 13.0. The van der Waals surface area contributed by atoms with Crippen LogP contribution in [0.25, 0.3) is 20.8 Å². The van der Waals surface area contributed by atoms with Gasteiger partial charge in [-0.05, 0) is 55.7 Å². The third-order valence-electron chi connectivity index (χ3n) is 6.43. The molecule has 5 rings (SSSR count). The molecule has 0 saturated carbocycles. The number of para-hydroxylation sites is 1. The monoisotopic (exact) mass is 549 g/mol. The van der Waals surface area contributed by atoms with E-state index in [9.17, 15) is 9.59 Å². The van der Waals surface area contributed by atoms with Crippen LogP contribution >= 0.6 is 22.7 Å². The summed E-state index contributed by atoms with van der Waals surface area (Å²) in [5.41, 5.74) is 3.56. The maximum absolute atomic E-state index is 13.4. The van der Waals surface area contributed by atoms with Gasteiger partial charge < -0.3 is 19.7 Å². The minimum absolute atomic E-state index is 0.202. The van der Waals surface area contributed by atoms with Crippen molar-refractivity contribution in [2.45, 2.75) is 46.1 Å². The lowest BCUT2D eigenvalue weighted by molar-refractivity contribution is 0.102. The van der Waals surface area contributed by atoms with E-state index in [-0.39, 0.29) is 12.0 Å². The smallest absolute Gasteiger partial charge is 0.410 e. The molecule has 4 aromatic rings. The van der Waals surface area contributed by atoms with E-state index in [0.29, 0.717) is 44.0 Å².